The van der Waals surface area contributed by atoms with Gasteiger partial charge in [0.05, 0.1) is 0 Å². The highest BCUT2D eigenvalue weighted by Gasteiger charge is 2.28. The number of phenols is 1. The number of benzene rings is 2. The zero-order chi connectivity index (χ0) is 15.0. The third kappa shape index (κ3) is 2.23. The maximum absolute atomic E-state index is 11.7. The minimum Gasteiger partial charge on any atom is -0.507 e. The van der Waals surface area contributed by atoms with Crippen LogP contribution in [0.3, 0.4) is 0 Å². The number of urea groups is 1. The van der Waals surface area contributed by atoms with Gasteiger partial charge in [-0.15, -0.1) is 0 Å². The lowest BCUT2D eigenvalue weighted by Gasteiger charge is -2.14. The summed E-state index contributed by atoms with van der Waals surface area (Å²) >= 11 is 0. The predicted molar refractivity (Wildman–Crippen MR) is 75.3 cm³/mol. The number of phenolic OH excluding ortho intramolecular Hbond substituents is 1. The quantitative estimate of drug-likeness (QED) is 0.542. The number of hydrogen-bond acceptors (Lipinski definition) is 4. The summed E-state index contributed by atoms with van der Waals surface area (Å²) in [7, 11) is 0. The monoisotopic (exact) mass is 282 g/mol. The minimum absolute atomic E-state index is 0.0568. The van der Waals surface area contributed by atoms with Gasteiger partial charge in [0.25, 0.3) is 11.8 Å². The van der Waals surface area contributed by atoms with Gasteiger partial charge in [0, 0.05) is 5.56 Å². The lowest BCUT2D eigenvalue weighted by molar-refractivity contribution is -0.123. The molecule has 104 valence electrons. The van der Waals surface area contributed by atoms with Crippen molar-refractivity contribution in [3.63, 3.8) is 0 Å². The summed E-state index contributed by atoms with van der Waals surface area (Å²) in [6.45, 7) is 0. The first kappa shape index (κ1) is 12.9. The number of imide groups is 2. The summed E-state index contributed by atoms with van der Waals surface area (Å²) in [6, 6.07) is 9.61. The molecule has 3 rings (SSSR count). The van der Waals surface area contributed by atoms with E-state index in [1.807, 2.05) is 22.8 Å². The van der Waals surface area contributed by atoms with Crippen molar-refractivity contribution in [1.82, 2.24) is 10.6 Å². The first-order valence-electron chi connectivity index (χ1n) is 6.15. The fourth-order valence-electron chi connectivity index (χ4n) is 2.19. The van der Waals surface area contributed by atoms with Gasteiger partial charge in [-0.2, -0.15) is 0 Å². The molecular weight excluding hydrogens is 272 g/mol. The van der Waals surface area contributed by atoms with E-state index in [0.29, 0.717) is 10.9 Å². The number of amides is 4. The van der Waals surface area contributed by atoms with Crippen LogP contribution in [0.2, 0.25) is 0 Å². The number of rotatable bonds is 1. The van der Waals surface area contributed by atoms with Gasteiger partial charge in [0.2, 0.25) is 0 Å². The second kappa shape index (κ2) is 4.75. The van der Waals surface area contributed by atoms with Gasteiger partial charge in [-0.1, -0.05) is 30.3 Å². The fraction of sp³-hybridized carbons (Fsp3) is 0. The van der Waals surface area contributed by atoms with Crippen molar-refractivity contribution in [2.45, 2.75) is 0 Å². The molecular formula is C15H10N2O4. The van der Waals surface area contributed by atoms with E-state index in [-0.39, 0.29) is 11.3 Å². The summed E-state index contributed by atoms with van der Waals surface area (Å²) < 4.78 is 0. The van der Waals surface area contributed by atoms with Crippen LogP contribution in [0, 0.1) is 0 Å². The van der Waals surface area contributed by atoms with E-state index in [4.69, 9.17) is 0 Å². The molecule has 3 N–H and O–H groups in total. The first-order valence-corrected chi connectivity index (χ1v) is 6.15. The normalized spacial score (nSPS) is 14.9. The molecule has 2 aromatic rings. The highest BCUT2D eigenvalue weighted by Crippen LogP contribution is 2.29. The summed E-state index contributed by atoms with van der Waals surface area (Å²) in [5.74, 6) is -1.65. The average molecular weight is 282 g/mol. The lowest BCUT2D eigenvalue weighted by atomic mass is 10.0. The van der Waals surface area contributed by atoms with Gasteiger partial charge in [-0.25, -0.2) is 4.79 Å². The van der Waals surface area contributed by atoms with Crippen LogP contribution in [0.5, 0.6) is 5.75 Å². The molecule has 0 aliphatic carbocycles. The van der Waals surface area contributed by atoms with E-state index in [2.05, 4.69) is 0 Å². The van der Waals surface area contributed by atoms with Gasteiger partial charge < -0.3 is 5.11 Å². The van der Waals surface area contributed by atoms with Crippen LogP contribution in [0.25, 0.3) is 16.8 Å². The zero-order valence-electron chi connectivity index (χ0n) is 10.7. The third-order valence-electron chi connectivity index (χ3n) is 3.18. The summed E-state index contributed by atoms with van der Waals surface area (Å²) in [6.07, 6.45) is 1.27. The minimum atomic E-state index is -0.857. The van der Waals surface area contributed by atoms with Crippen LogP contribution in [0.1, 0.15) is 5.56 Å². The Morgan fingerprint density at radius 1 is 0.905 bits per heavy atom. The zero-order valence-corrected chi connectivity index (χ0v) is 10.7. The molecule has 6 heteroatoms. The molecule has 21 heavy (non-hydrogen) atoms. The van der Waals surface area contributed by atoms with Crippen molar-refractivity contribution in [3.05, 3.63) is 47.5 Å². The third-order valence-corrected chi connectivity index (χ3v) is 3.18. The van der Waals surface area contributed by atoms with Crippen molar-refractivity contribution < 1.29 is 19.5 Å². The lowest BCUT2D eigenvalue weighted by Crippen LogP contribution is -2.51. The molecule has 2 aromatic carbocycles. The number of carbonyl (C=O) groups is 3. The topological polar surface area (TPSA) is 95.5 Å². The highest BCUT2D eigenvalue weighted by atomic mass is 16.3. The Hall–Kier alpha value is -3.15. The van der Waals surface area contributed by atoms with Gasteiger partial charge in [0.15, 0.2) is 0 Å². The maximum atomic E-state index is 11.7. The van der Waals surface area contributed by atoms with Gasteiger partial charge in [-0.3, -0.25) is 20.2 Å². The summed E-state index contributed by atoms with van der Waals surface area (Å²) in [4.78, 5) is 34.5. The first-order chi connectivity index (χ1) is 10.1. The molecule has 1 heterocycles. The molecule has 6 nitrogen and oxygen atoms in total. The van der Waals surface area contributed by atoms with E-state index in [1.54, 1.807) is 18.2 Å². The molecule has 0 saturated carbocycles. The number of hydrogen-bond donors (Lipinski definition) is 3. The van der Waals surface area contributed by atoms with Crippen molar-refractivity contribution in [2.24, 2.45) is 0 Å². The molecule has 0 spiro atoms. The Morgan fingerprint density at radius 2 is 1.57 bits per heavy atom. The van der Waals surface area contributed by atoms with Crippen molar-refractivity contribution >= 4 is 34.7 Å². The average Bonchev–Trinajstić information content (AvgIpc) is 2.44. The number of nitrogens with one attached hydrogen (secondary N) is 2. The number of fused-ring (bicyclic) bond motifs is 1. The SMILES string of the molecule is O=C1NC(=O)C(=Cc2c(O)ccc3ccccc23)C(=O)N1. The van der Waals surface area contributed by atoms with Crippen molar-refractivity contribution in [1.29, 1.82) is 0 Å². The Morgan fingerprint density at radius 3 is 2.29 bits per heavy atom. The van der Waals surface area contributed by atoms with Crippen LogP contribution in [-0.2, 0) is 9.59 Å². The van der Waals surface area contributed by atoms with E-state index < -0.39 is 17.8 Å². The van der Waals surface area contributed by atoms with Crippen LogP contribution in [0.15, 0.2) is 42.0 Å². The van der Waals surface area contributed by atoms with E-state index in [1.165, 1.54) is 12.1 Å². The van der Waals surface area contributed by atoms with Crippen molar-refractivity contribution in [2.75, 3.05) is 0 Å². The molecule has 4 amide bonds. The van der Waals surface area contributed by atoms with Gasteiger partial charge in [0.1, 0.15) is 11.3 Å². The maximum Gasteiger partial charge on any atom is 0.328 e. The second-order valence-corrected chi connectivity index (χ2v) is 4.51. The van der Waals surface area contributed by atoms with Crippen LogP contribution in [-0.4, -0.2) is 23.0 Å². The molecule has 1 aliphatic heterocycles. The largest absolute Gasteiger partial charge is 0.507 e. The van der Waals surface area contributed by atoms with Crippen LogP contribution < -0.4 is 10.6 Å². The molecule has 0 aromatic heterocycles. The molecule has 1 saturated heterocycles. The fourth-order valence-corrected chi connectivity index (χ4v) is 2.19. The standard InChI is InChI=1S/C15H10N2O4/c18-12-6-5-8-3-1-2-4-9(8)10(12)7-11-13(19)16-15(21)17-14(11)20/h1-7,18H,(H2,16,17,19,20,21). The Balaban J connectivity index is 2.19. The number of aromatic hydroxyl groups is 1. The Bertz CT molecular complexity index is 802. The number of carbonyl (C=O) groups excluding carboxylic acids is 3. The summed E-state index contributed by atoms with van der Waals surface area (Å²) in [5.41, 5.74) is 0.115. The highest BCUT2D eigenvalue weighted by molar-refractivity contribution is 6.31. The van der Waals surface area contributed by atoms with Crippen molar-refractivity contribution in [3.8, 4) is 5.75 Å². The van der Waals surface area contributed by atoms with Crippen LogP contribution in [0.4, 0.5) is 4.79 Å². The van der Waals surface area contributed by atoms with E-state index in [0.717, 1.165) is 5.39 Å². The molecule has 0 atom stereocenters. The smallest absolute Gasteiger partial charge is 0.328 e. The second-order valence-electron chi connectivity index (χ2n) is 4.51. The number of barbiturate groups is 1. The molecule has 0 bridgehead atoms. The van der Waals surface area contributed by atoms with E-state index in [9.17, 15) is 19.5 Å². The van der Waals surface area contributed by atoms with Crippen LogP contribution >= 0.6 is 0 Å². The summed E-state index contributed by atoms with van der Waals surface area (Å²) in [5, 5.41) is 15.5. The molecule has 1 fully saturated rings. The van der Waals surface area contributed by atoms with Gasteiger partial charge in [-0.05, 0) is 22.9 Å². The predicted octanol–water partition coefficient (Wildman–Crippen LogP) is 1.29. The Labute approximate surface area is 119 Å². The van der Waals surface area contributed by atoms with E-state index >= 15 is 0 Å². The molecule has 0 unspecified atom stereocenters. The molecule has 0 radical (unpaired) electrons. The molecule has 1 aliphatic rings. The van der Waals surface area contributed by atoms with Gasteiger partial charge >= 0.3 is 6.03 Å². The Kier molecular flexibility index (Phi) is 2.91.